The molecule has 1 aliphatic rings. The fourth-order valence-corrected chi connectivity index (χ4v) is 1.23. The lowest BCUT2D eigenvalue weighted by Gasteiger charge is -2.29. The van der Waals surface area contributed by atoms with Crippen LogP contribution < -0.4 is 0 Å². The first-order chi connectivity index (χ1) is 6.63. The summed E-state index contributed by atoms with van der Waals surface area (Å²) in [7, 11) is 0. The van der Waals surface area contributed by atoms with Crippen molar-refractivity contribution in [2.24, 2.45) is 0 Å². The van der Waals surface area contributed by atoms with E-state index in [1.54, 1.807) is 12.2 Å². The molecule has 14 heavy (non-hydrogen) atoms. The fourth-order valence-electron chi connectivity index (χ4n) is 1.23. The minimum Gasteiger partial charge on any atom is -0.386 e. The Balaban J connectivity index is 2.52. The molecule has 0 aromatic rings. The van der Waals surface area contributed by atoms with Crippen molar-refractivity contribution in [1.29, 1.82) is 5.26 Å². The molecule has 0 fully saturated rings. The van der Waals surface area contributed by atoms with E-state index in [0.717, 1.165) is 0 Å². The summed E-state index contributed by atoms with van der Waals surface area (Å²) >= 11 is 0. The molecule has 0 saturated heterocycles. The molecule has 4 heteroatoms. The van der Waals surface area contributed by atoms with Gasteiger partial charge in [-0.15, -0.1) is 0 Å². The summed E-state index contributed by atoms with van der Waals surface area (Å²) in [6.07, 6.45) is 1.87. The SMILES string of the molecule is CC(C)OC1C=CC(O)C(CC#N)O1. The first kappa shape index (κ1) is 11.2. The molecule has 4 nitrogen and oxygen atoms in total. The molecule has 0 aliphatic carbocycles. The highest BCUT2D eigenvalue weighted by Crippen LogP contribution is 2.17. The maximum absolute atomic E-state index is 9.43. The quantitative estimate of drug-likeness (QED) is 0.685. The molecule has 0 saturated carbocycles. The highest BCUT2D eigenvalue weighted by molar-refractivity contribution is 5.01. The summed E-state index contributed by atoms with van der Waals surface area (Å²) in [6, 6.07) is 1.97. The van der Waals surface area contributed by atoms with Crippen molar-refractivity contribution in [1.82, 2.24) is 0 Å². The van der Waals surface area contributed by atoms with E-state index in [2.05, 4.69) is 0 Å². The van der Waals surface area contributed by atoms with Crippen LogP contribution in [0.4, 0.5) is 0 Å². The Morgan fingerprint density at radius 2 is 2.29 bits per heavy atom. The van der Waals surface area contributed by atoms with Gasteiger partial charge in [-0.3, -0.25) is 0 Å². The maximum atomic E-state index is 9.43. The van der Waals surface area contributed by atoms with Crippen LogP contribution in [0.3, 0.4) is 0 Å². The Bertz CT molecular complexity index is 244. The molecule has 0 radical (unpaired) electrons. The van der Waals surface area contributed by atoms with Gasteiger partial charge in [0, 0.05) is 0 Å². The first-order valence-corrected chi connectivity index (χ1v) is 4.67. The number of hydrogen-bond acceptors (Lipinski definition) is 4. The van der Waals surface area contributed by atoms with Crippen LogP contribution in [0.25, 0.3) is 0 Å². The van der Waals surface area contributed by atoms with Crippen molar-refractivity contribution in [3.05, 3.63) is 12.2 Å². The van der Waals surface area contributed by atoms with Crippen LogP contribution in [-0.4, -0.2) is 29.7 Å². The minimum absolute atomic E-state index is 0.0580. The van der Waals surface area contributed by atoms with E-state index in [1.807, 2.05) is 19.9 Å². The Hall–Kier alpha value is -0.890. The molecular formula is C10H15NO3. The van der Waals surface area contributed by atoms with E-state index in [0.29, 0.717) is 0 Å². The van der Waals surface area contributed by atoms with Gasteiger partial charge in [0.1, 0.15) is 6.10 Å². The Morgan fingerprint density at radius 3 is 2.86 bits per heavy atom. The van der Waals surface area contributed by atoms with Gasteiger partial charge in [-0.1, -0.05) is 6.08 Å². The van der Waals surface area contributed by atoms with Gasteiger partial charge in [-0.25, -0.2) is 0 Å². The van der Waals surface area contributed by atoms with E-state index >= 15 is 0 Å². The third-order valence-electron chi connectivity index (χ3n) is 1.85. The number of ether oxygens (including phenoxy) is 2. The van der Waals surface area contributed by atoms with Crippen LogP contribution in [0.5, 0.6) is 0 Å². The number of aliphatic hydroxyl groups excluding tert-OH is 1. The summed E-state index contributed by atoms with van der Waals surface area (Å²) in [4.78, 5) is 0. The monoisotopic (exact) mass is 197 g/mol. The van der Waals surface area contributed by atoms with Gasteiger partial charge in [0.25, 0.3) is 0 Å². The summed E-state index contributed by atoms with van der Waals surface area (Å²) in [5, 5.41) is 17.9. The number of nitrogens with zero attached hydrogens (tertiary/aromatic N) is 1. The second-order valence-corrected chi connectivity index (χ2v) is 3.47. The van der Waals surface area contributed by atoms with Crippen LogP contribution in [0, 0.1) is 11.3 Å². The molecule has 1 N–H and O–H groups in total. The zero-order valence-electron chi connectivity index (χ0n) is 8.38. The van der Waals surface area contributed by atoms with Crippen LogP contribution in [-0.2, 0) is 9.47 Å². The van der Waals surface area contributed by atoms with Crippen molar-refractivity contribution in [3.63, 3.8) is 0 Å². The summed E-state index contributed by atoms with van der Waals surface area (Å²) < 4.78 is 10.8. The summed E-state index contributed by atoms with van der Waals surface area (Å²) in [5.41, 5.74) is 0. The molecule has 0 bridgehead atoms. The first-order valence-electron chi connectivity index (χ1n) is 4.67. The molecule has 1 rings (SSSR count). The van der Waals surface area contributed by atoms with Gasteiger partial charge >= 0.3 is 0 Å². The van der Waals surface area contributed by atoms with Crippen molar-refractivity contribution in [2.75, 3.05) is 0 Å². The van der Waals surface area contributed by atoms with Crippen LogP contribution in [0.1, 0.15) is 20.3 Å². The van der Waals surface area contributed by atoms with Gasteiger partial charge in [-0.2, -0.15) is 5.26 Å². The lowest BCUT2D eigenvalue weighted by molar-refractivity contribution is -0.183. The Morgan fingerprint density at radius 1 is 1.57 bits per heavy atom. The summed E-state index contributed by atoms with van der Waals surface area (Å²) in [5.74, 6) is 0. The third kappa shape index (κ3) is 3.11. The van der Waals surface area contributed by atoms with Crippen molar-refractivity contribution in [3.8, 4) is 6.07 Å². The molecule has 1 aliphatic heterocycles. The lowest BCUT2D eigenvalue weighted by Crippen LogP contribution is -2.36. The predicted octanol–water partition coefficient (Wildman–Crippen LogP) is 0.967. The van der Waals surface area contributed by atoms with Gasteiger partial charge < -0.3 is 14.6 Å². The molecule has 0 spiro atoms. The van der Waals surface area contributed by atoms with Crippen molar-refractivity contribution in [2.45, 2.75) is 44.9 Å². The van der Waals surface area contributed by atoms with E-state index in [-0.39, 0.29) is 12.5 Å². The average Bonchev–Trinajstić information content (AvgIpc) is 2.10. The van der Waals surface area contributed by atoms with Gasteiger partial charge in [0.2, 0.25) is 0 Å². The van der Waals surface area contributed by atoms with E-state index in [4.69, 9.17) is 14.7 Å². The molecule has 78 valence electrons. The number of aliphatic hydroxyl groups is 1. The zero-order chi connectivity index (χ0) is 10.6. The highest BCUT2D eigenvalue weighted by atomic mass is 16.7. The van der Waals surface area contributed by atoms with E-state index < -0.39 is 18.5 Å². The molecule has 0 aromatic heterocycles. The maximum Gasteiger partial charge on any atom is 0.177 e. The summed E-state index contributed by atoms with van der Waals surface area (Å²) in [6.45, 7) is 3.81. The second kappa shape index (κ2) is 5.11. The topological polar surface area (TPSA) is 62.5 Å². The largest absolute Gasteiger partial charge is 0.386 e. The van der Waals surface area contributed by atoms with Crippen LogP contribution >= 0.6 is 0 Å². The van der Waals surface area contributed by atoms with Gasteiger partial charge in [-0.05, 0) is 19.9 Å². The number of hydrogen-bond donors (Lipinski definition) is 1. The fraction of sp³-hybridized carbons (Fsp3) is 0.700. The normalized spacial score (nSPS) is 31.8. The number of nitriles is 1. The minimum atomic E-state index is -0.707. The molecule has 0 aromatic carbocycles. The van der Waals surface area contributed by atoms with Crippen molar-refractivity contribution < 1.29 is 14.6 Å². The van der Waals surface area contributed by atoms with Crippen molar-refractivity contribution >= 4 is 0 Å². The number of rotatable bonds is 3. The smallest absolute Gasteiger partial charge is 0.177 e. The van der Waals surface area contributed by atoms with Gasteiger partial charge in [0.15, 0.2) is 6.29 Å². The Labute approximate surface area is 83.7 Å². The highest BCUT2D eigenvalue weighted by Gasteiger charge is 2.26. The van der Waals surface area contributed by atoms with Crippen LogP contribution in [0.15, 0.2) is 12.2 Å². The second-order valence-electron chi connectivity index (χ2n) is 3.47. The van der Waals surface area contributed by atoms with Crippen LogP contribution in [0.2, 0.25) is 0 Å². The molecule has 0 amide bonds. The lowest BCUT2D eigenvalue weighted by atomic mass is 10.1. The van der Waals surface area contributed by atoms with Gasteiger partial charge in [0.05, 0.1) is 24.7 Å². The van der Waals surface area contributed by atoms with E-state index in [9.17, 15) is 5.11 Å². The third-order valence-corrected chi connectivity index (χ3v) is 1.85. The average molecular weight is 197 g/mol. The molecule has 1 heterocycles. The standard InChI is InChI=1S/C10H15NO3/c1-7(2)13-10-4-3-8(12)9(14-10)5-6-11/h3-4,7-10,12H,5H2,1-2H3. The predicted molar refractivity (Wildman–Crippen MR) is 50.3 cm³/mol. The molecule has 3 atom stereocenters. The zero-order valence-corrected chi connectivity index (χ0v) is 8.38. The molecule has 3 unspecified atom stereocenters. The van der Waals surface area contributed by atoms with E-state index in [1.165, 1.54) is 0 Å². The Kier molecular flexibility index (Phi) is 4.08. The molecular weight excluding hydrogens is 182 g/mol.